The van der Waals surface area contributed by atoms with Gasteiger partial charge in [-0.25, -0.2) is 0 Å². The Kier molecular flexibility index (Phi) is 8.54. The van der Waals surface area contributed by atoms with Crippen LogP contribution in [0.25, 0.3) is 0 Å². The van der Waals surface area contributed by atoms with Gasteiger partial charge in [0.15, 0.2) is 0 Å². The van der Waals surface area contributed by atoms with Crippen molar-refractivity contribution in [1.29, 1.82) is 5.26 Å². The highest BCUT2D eigenvalue weighted by molar-refractivity contribution is 5.76. The van der Waals surface area contributed by atoms with Crippen molar-refractivity contribution in [3.63, 3.8) is 0 Å². The van der Waals surface area contributed by atoms with E-state index in [1.165, 1.54) is 0 Å². The Labute approximate surface area is 179 Å². The predicted octanol–water partition coefficient (Wildman–Crippen LogP) is 6.17. The van der Waals surface area contributed by atoms with Crippen LogP contribution in [0.4, 0.5) is 17.1 Å². The van der Waals surface area contributed by atoms with Crippen LogP contribution in [-0.4, -0.2) is 26.2 Å². The van der Waals surface area contributed by atoms with Gasteiger partial charge in [0.25, 0.3) is 0 Å². The van der Waals surface area contributed by atoms with Crippen molar-refractivity contribution in [2.45, 2.75) is 40.0 Å². The van der Waals surface area contributed by atoms with Crippen LogP contribution in [0, 0.1) is 16.7 Å². The van der Waals surface area contributed by atoms with E-state index in [4.69, 9.17) is 10.00 Å². The number of rotatable bonds is 10. The summed E-state index contributed by atoms with van der Waals surface area (Å²) >= 11 is 0. The first-order valence-corrected chi connectivity index (χ1v) is 10.3. The summed E-state index contributed by atoms with van der Waals surface area (Å²) in [6.07, 6.45) is 2.60. The SMILES string of the molecule is CCCC(C)(CC)C(=O)OCCN(C)c1ccc(N=Nc2ccc(C#N)cc2)cc1. The van der Waals surface area contributed by atoms with Crippen LogP contribution in [0.3, 0.4) is 0 Å². The highest BCUT2D eigenvalue weighted by Gasteiger charge is 2.31. The Hall–Kier alpha value is -3.20. The minimum atomic E-state index is -0.394. The molecule has 1 atom stereocenters. The molecular weight excluding hydrogens is 376 g/mol. The number of hydrogen-bond donors (Lipinski definition) is 0. The molecule has 0 aliphatic heterocycles. The maximum Gasteiger partial charge on any atom is 0.311 e. The van der Waals surface area contributed by atoms with Gasteiger partial charge in [-0.2, -0.15) is 15.5 Å². The van der Waals surface area contributed by atoms with Crippen LogP contribution in [0.5, 0.6) is 0 Å². The first kappa shape index (κ1) is 23.1. The van der Waals surface area contributed by atoms with E-state index in [-0.39, 0.29) is 5.97 Å². The Morgan fingerprint density at radius 2 is 1.63 bits per heavy atom. The molecule has 1 unspecified atom stereocenters. The van der Waals surface area contributed by atoms with Gasteiger partial charge in [0, 0.05) is 12.7 Å². The average Bonchev–Trinajstić information content (AvgIpc) is 2.78. The molecule has 0 aliphatic rings. The fourth-order valence-electron chi connectivity index (χ4n) is 3.05. The van der Waals surface area contributed by atoms with Gasteiger partial charge in [0.2, 0.25) is 0 Å². The number of anilines is 1. The molecule has 0 saturated heterocycles. The van der Waals surface area contributed by atoms with Crippen molar-refractivity contribution in [1.82, 2.24) is 0 Å². The van der Waals surface area contributed by atoms with Crippen molar-refractivity contribution in [2.75, 3.05) is 25.1 Å². The minimum absolute atomic E-state index is 0.112. The van der Waals surface area contributed by atoms with E-state index in [0.717, 1.165) is 30.6 Å². The normalized spacial score (nSPS) is 12.9. The van der Waals surface area contributed by atoms with Gasteiger partial charge in [-0.1, -0.05) is 20.3 Å². The molecule has 0 N–H and O–H groups in total. The van der Waals surface area contributed by atoms with Crippen molar-refractivity contribution >= 4 is 23.0 Å². The number of nitriles is 1. The summed E-state index contributed by atoms with van der Waals surface area (Å²) in [5, 5.41) is 17.2. The molecule has 0 aliphatic carbocycles. The second-order valence-electron chi connectivity index (χ2n) is 7.60. The van der Waals surface area contributed by atoms with Crippen LogP contribution < -0.4 is 4.90 Å². The molecular formula is C24H30N4O2. The first-order valence-electron chi connectivity index (χ1n) is 10.3. The van der Waals surface area contributed by atoms with E-state index in [0.29, 0.717) is 24.4 Å². The minimum Gasteiger partial charge on any atom is -0.463 e. The number of ether oxygens (including phenoxy) is 1. The van der Waals surface area contributed by atoms with E-state index < -0.39 is 5.41 Å². The lowest BCUT2D eigenvalue weighted by Crippen LogP contribution is -2.32. The number of esters is 1. The van der Waals surface area contributed by atoms with Crippen molar-refractivity contribution in [2.24, 2.45) is 15.6 Å². The number of carbonyl (C=O) groups is 1. The van der Waals surface area contributed by atoms with E-state index in [9.17, 15) is 4.79 Å². The maximum atomic E-state index is 12.4. The quantitative estimate of drug-likeness (QED) is 0.349. The third kappa shape index (κ3) is 6.41. The molecule has 0 aromatic heterocycles. The molecule has 6 heteroatoms. The van der Waals surface area contributed by atoms with Crippen LogP contribution in [-0.2, 0) is 9.53 Å². The van der Waals surface area contributed by atoms with Gasteiger partial charge >= 0.3 is 5.97 Å². The summed E-state index contributed by atoms with van der Waals surface area (Å²) in [4.78, 5) is 14.4. The lowest BCUT2D eigenvalue weighted by molar-refractivity contribution is -0.155. The Morgan fingerprint density at radius 3 is 2.13 bits per heavy atom. The molecule has 2 aromatic rings. The fourth-order valence-corrected chi connectivity index (χ4v) is 3.05. The van der Waals surface area contributed by atoms with Gasteiger partial charge in [-0.3, -0.25) is 4.79 Å². The zero-order valence-corrected chi connectivity index (χ0v) is 18.3. The average molecular weight is 407 g/mol. The van der Waals surface area contributed by atoms with Gasteiger partial charge in [-0.15, -0.1) is 0 Å². The molecule has 0 spiro atoms. The summed E-state index contributed by atoms with van der Waals surface area (Å²) in [7, 11) is 1.96. The summed E-state index contributed by atoms with van der Waals surface area (Å²) in [6.45, 7) is 7.07. The molecule has 2 aromatic carbocycles. The molecule has 158 valence electrons. The lowest BCUT2D eigenvalue weighted by atomic mass is 9.83. The molecule has 6 nitrogen and oxygen atoms in total. The monoisotopic (exact) mass is 406 g/mol. The van der Waals surface area contributed by atoms with E-state index in [1.807, 2.05) is 50.1 Å². The predicted molar refractivity (Wildman–Crippen MR) is 119 cm³/mol. The van der Waals surface area contributed by atoms with Crippen LogP contribution in [0.15, 0.2) is 58.8 Å². The number of carbonyl (C=O) groups excluding carboxylic acids is 1. The highest BCUT2D eigenvalue weighted by atomic mass is 16.5. The fraction of sp³-hybridized carbons (Fsp3) is 0.417. The molecule has 0 fully saturated rings. The highest BCUT2D eigenvalue weighted by Crippen LogP contribution is 2.29. The zero-order chi connectivity index (χ0) is 22.0. The standard InChI is InChI=1S/C24H30N4O2/c1-5-15-24(3,6-2)23(29)30-17-16-28(4)22-13-11-21(12-14-22)27-26-20-9-7-19(18-25)8-10-20/h7-14H,5-6,15-17H2,1-4H3. The number of benzene rings is 2. The van der Waals surface area contributed by atoms with E-state index >= 15 is 0 Å². The van der Waals surface area contributed by atoms with Gasteiger partial charge in [-0.05, 0) is 68.3 Å². The van der Waals surface area contributed by atoms with Gasteiger partial charge in [0.1, 0.15) is 6.61 Å². The second-order valence-corrected chi connectivity index (χ2v) is 7.60. The van der Waals surface area contributed by atoms with E-state index in [1.54, 1.807) is 24.3 Å². The van der Waals surface area contributed by atoms with Crippen LogP contribution >= 0.6 is 0 Å². The molecule has 0 bridgehead atoms. The number of nitrogens with zero attached hydrogens (tertiary/aromatic N) is 4. The van der Waals surface area contributed by atoms with Crippen molar-refractivity contribution in [3.8, 4) is 6.07 Å². The van der Waals surface area contributed by atoms with Crippen molar-refractivity contribution in [3.05, 3.63) is 54.1 Å². The third-order valence-corrected chi connectivity index (χ3v) is 5.30. The summed E-state index contributed by atoms with van der Waals surface area (Å²) in [6, 6.07) is 16.7. The van der Waals surface area contributed by atoms with E-state index in [2.05, 4.69) is 23.2 Å². The summed E-state index contributed by atoms with van der Waals surface area (Å²) < 4.78 is 5.54. The second kappa shape index (κ2) is 11.1. The Balaban J connectivity index is 1.87. The largest absolute Gasteiger partial charge is 0.463 e. The Morgan fingerprint density at radius 1 is 1.07 bits per heavy atom. The van der Waals surface area contributed by atoms with Gasteiger partial charge in [0.05, 0.1) is 35.0 Å². The maximum absolute atomic E-state index is 12.4. The molecule has 0 amide bonds. The van der Waals surface area contributed by atoms with Gasteiger partial charge < -0.3 is 9.64 Å². The van der Waals surface area contributed by atoms with Crippen molar-refractivity contribution < 1.29 is 9.53 Å². The molecule has 0 heterocycles. The third-order valence-electron chi connectivity index (χ3n) is 5.30. The van der Waals surface area contributed by atoms with Crippen LogP contribution in [0.2, 0.25) is 0 Å². The Bertz CT molecular complexity index is 885. The first-order chi connectivity index (χ1) is 14.4. The molecule has 0 saturated carbocycles. The summed E-state index contributed by atoms with van der Waals surface area (Å²) in [5.74, 6) is -0.112. The van der Waals surface area contributed by atoms with Crippen LogP contribution in [0.1, 0.15) is 45.6 Å². The lowest BCUT2D eigenvalue weighted by Gasteiger charge is -2.26. The molecule has 30 heavy (non-hydrogen) atoms. The topological polar surface area (TPSA) is 78.0 Å². The smallest absolute Gasteiger partial charge is 0.311 e. The number of likely N-dealkylation sites (N-methyl/N-ethyl adjacent to an activating group) is 1. The molecule has 0 radical (unpaired) electrons. The number of azo groups is 1. The molecule has 2 rings (SSSR count). The summed E-state index contributed by atoms with van der Waals surface area (Å²) in [5.41, 5.74) is 2.64. The zero-order valence-electron chi connectivity index (χ0n) is 18.3. The number of hydrogen-bond acceptors (Lipinski definition) is 6.